The van der Waals surface area contributed by atoms with Gasteiger partial charge < -0.3 is 9.88 Å². The Balaban J connectivity index is 0.00000155. The summed E-state index contributed by atoms with van der Waals surface area (Å²) in [6.45, 7) is 4.74. The first-order chi connectivity index (χ1) is 10.3. The van der Waals surface area contributed by atoms with E-state index in [1.54, 1.807) is 6.07 Å². The van der Waals surface area contributed by atoms with Gasteiger partial charge in [-0.1, -0.05) is 32.9 Å². The van der Waals surface area contributed by atoms with Crippen molar-refractivity contribution >= 4 is 16.8 Å². The number of nitrogens with one attached hydrogen (secondary N) is 1. The Morgan fingerprint density at radius 1 is 1.27 bits per heavy atom. The van der Waals surface area contributed by atoms with Crippen LogP contribution in [0.1, 0.15) is 38.2 Å². The van der Waals surface area contributed by atoms with Gasteiger partial charge >= 0.3 is 6.18 Å². The SMILES string of the molecule is CC.CCc1ccc2cc(C(=O)N(C)CC(F)(F)F)[nH]c2c1.[HH]. The number of carbonyl (C=O) groups excluding carboxylic acids is 1. The Morgan fingerprint density at radius 2 is 1.91 bits per heavy atom. The fourth-order valence-corrected chi connectivity index (χ4v) is 2.06. The number of halogens is 3. The highest BCUT2D eigenvalue weighted by atomic mass is 19.4. The van der Waals surface area contributed by atoms with Gasteiger partial charge in [-0.05, 0) is 24.1 Å². The van der Waals surface area contributed by atoms with Crippen molar-refractivity contribution in [1.82, 2.24) is 9.88 Å². The molecule has 0 aliphatic rings. The Hall–Kier alpha value is -1.98. The van der Waals surface area contributed by atoms with Crippen LogP contribution in [0.3, 0.4) is 0 Å². The molecule has 0 saturated carbocycles. The van der Waals surface area contributed by atoms with E-state index < -0.39 is 18.6 Å². The van der Waals surface area contributed by atoms with Crippen LogP contribution in [-0.4, -0.2) is 35.6 Å². The lowest BCUT2D eigenvalue weighted by atomic mass is 10.1. The molecular weight excluding hydrogens is 293 g/mol. The third-order valence-electron chi connectivity index (χ3n) is 3.09. The van der Waals surface area contributed by atoms with Gasteiger partial charge in [0, 0.05) is 19.4 Å². The molecule has 0 bridgehead atoms. The largest absolute Gasteiger partial charge is 0.406 e. The van der Waals surface area contributed by atoms with Crippen molar-refractivity contribution in [2.24, 2.45) is 0 Å². The highest BCUT2D eigenvalue weighted by Gasteiger charge is 2.31. The number of carbonyl (C=O) groups is 1. The summed E-state index contributed by atoms with van der Waals surface area (Å²) in [6, 6.07) is 7.26. The maximum atomic E-state index is 12.3. The molecule has 2 aromatic rings. The third kappa shape index (κ3) is 4.51. The zero-order chi connectivity index (χ0) is 16.9. The Bertz CT molecular complexity index is 638. The van der Waals surface area contributed by atoms with Gasteiger partial charge in [-0.2, -0.15) is 13.2 Å². The molecule has 124 valence electrons. The minimum atomic E-state index is -4.40. The lowest BCUT2D eigenvalue weighted by Gasteiger charge is -2.17. The number of benzene rings is 1. The van der Waals surface area contributed by atoms with Crippen LogP contribution in [0.4, 0.5) is 13.2 Å². The molecule has 2 rings (SSSR count). The number of aromatic nitrogens is 1. The summed E-state index contributed by atoms with van der Waals surface area (Å²) in [7, 11) is 1.14. The second-order valence-electron chi connectivity index (χ2n) is 4.73. The number of H-pyrrole nitrogens is 1. The number of hydrogen-bond acceptors (Lipinski definition) is 1. The van der Waals surface area contributed by atoms with Crippen LogP contribution < -0.4 is 0 Å². The van der Waals surface area contributed by atoms with Crippen LogP contribution in [0.2, 0.25) is 0 Å². The summed E-state index contributed by atoms with van der Waals surface area (Å²) in [6.07, 6.45) is -3.54. The first kappa shape index (κ1) is 18.1. The maximum Gasteiger partial charge on any atom is 0.406 e. The summed E-state index contributed by atoms with van der Waals surface area (Å²) in [5.41, 5.74) is 2.02. The predicted octanol–water partition coefficient (Wildman–Crippen LogP) is 4.64. The molecule has 0 aliphatic heterocycles. The van der Waals surface area contributed by atoms with Crippen molar-refractivity contribution in [1.29, 1.82) is 0 Å². The van der Waals surface area contributed by atoms with Crippen molar-refractivity contribution < 1.29 is 19.4 Å². The summed E-state index contributed by atoms with van der Waals surface area (Å²) < 4.78 is 36.8. The minimum Gasteiger partial charge on any atom is -0.351 e. The van der Waals surface area contributed by atoms with Gasteiger partial charge in [0.15, 0.2) is 0 Å². The number of nitrogens with zero attached hydrogens (tertiary/aromatic N) is 1. The second-order valence-corrected chi connectivity index (χ2v) is 4.73. The van der Waals surface area contributed by atoms with Gasteiger partial charge in [-0.15, -0.1) is 0 Å². The van der Waals surface area contributed by atoms with Gasteiger partial charge in [0.2, 0.25) is 0 Å². The zero-order valence-corrected chi connectivity index (χ0v) is 13.2. The molecule has 0 saturated heterocycles. The number of amides is 1. The molecule has 0 atom stereocenters. The fraction of sp³-hybridized carbons (Fsp3) is 0.438. The smallest absolute Gasteiger partial charge is 0.351 e. The van der Waals surface area contributed by atoms with E-state index in [1.807, 2.05) is 39.0 Å². The molecule has 0 fully saturated rings. The average molecular weight is 316 g/mol. The summed E-state index contributed by atoms with van der Waals surface area (Å²) in [5.74, 6) is -0.670. The maximum absolute atomic E-state index is 12.3. The summed E-state index contributed by atoms with van der Waals surface area (Å²) in [4.78, 5) is 15.5. The Morgan fingerprint density at radius 3 is 2.45 bits per heavy atom. The first-order valence-electron chi connectivity index (χ1n) is 7.24. The van der Waals surface area contributed by atoms with Crippen LogP contribution in [0, 0.1) is 0 Å². The number of hydrogen-bond donors (Lipinski definition) is 1. The lowest BCUT2D eigenvalue weighted by molar-refractivity contribution is -0.138. The van der Waals surface area contributed by atoms with Crippen LogP contribution in [0.5, 0.6) is 0 Å². The lowest BCUT2D eigenvalue weighted by Crippen LogP contribution is -2.35. The van der Waals surface area contributed by atoms with Crippen LogP contribution in [-0.2, 0) is 6.42 Å². The summed E-state index contributed by atoms with van der Waals surface area (Å²) in [5, 5.41) is 0.811. The normalized spacial score (nSPS) is 11.0. The van der Waals surface area contributed by atoms with Crippen molar-refractivity contribution in [2.45, 2.75) is 33.4 Å². The molecule has 0 radical (unpaired) electrons. The number of alkyl halides is 3. The molecule has 1 aromatic heterocycles. The van der Waals surface area contributed by atoms with Crippen molar-refractivity contribution in [3.8, 4) is 0 Å². The Labute approximate surface area is 129 Å². The quantitative estimate of drug-likeness (QED) is 0.880. The summed E-state index contributed by atoms with van der Waals surface area (Å²) >= 11 is 0. The molecule has 1 heterocycles. The number of rotatable bonds is 3. The van der Waals surface area contributed by atoms with Gasteiger partial charge in [-0.25, -0.2) is 0 Å². The van der Waals surface area contributed by atoms with Crippen molar-refractivity contribution in [3.63, 3.8) is 0 Å². The van der Waals surface area contributed by atoms with E-state index in [1.165, 1.54) is 0 Å². The van der Waals surface area contributed by atoms with Crippen LogP contribution in [0.25, 0.3) is 10.9 Å². The molecule has 0 aliphatic carbocycles. The monoisotopic (exact) mass is 316 g/mol. The van der Waals surface area contributed by atoms with E-state index >= 15 is 0 Å². The van der Waals surface area contributed by atoms with E-state index in [-0.39, 0.29) is 7.12 Å². The zero-order valence-electron chi connectivity index (χ0n) is 13.2. The molecule has 1 amide bonds. The molecule has 1 aromatic carbocycles. The standard InChI is InChI=1S/C14H15F3N2O.C2H6.H2/c1-3-9-4-5-10-7-12(18-11(10)6-9)13(20)19(2)8-14(15,16)17;1-2;/h4-7,18H,3,8H2,1-2H3;1-2H3;1H. The van der Waals surface area contributed by atoms with Crippen molar-refractivity contribution in [3.05, 3.63) is 35.5 Å². The van der Waals surface area contributed by atoms with Gasteiger partial charge in [-0.3, -0.25) is 4.79 Å². The molecule has 1 N–H and O–H groups in total. The van der Waals surface area contributed by atoms with E-state index in [9.17, 15) is 18.0 Å². The topological polar surface area (TPSA) is 36.1 Å². The van der Waals surface area contributed by atoms with Crippen LogP contribution in [0.15, 0.2) is 24.3 Å². The van der Waals surface area contributed by atoms with Gasteiger partial charge in [0.25, 0.3) is 5.91 Å². The predicted molar refractivity (Wildman–Crippen MR) is 84.2 cm³/mol. The molecule has 22 heavy (non-hydrogen) atoms. The van der Waals surface area contributed by atoms with Crippen LogP contribution >= 0.6 is 0 Å². The van der Waals surface area contributed by atoms with E-state index in [0.29, 0.717) is 4.90 Å². The van der Waals surface area contributed by atoms with E-state index in [0.717, 1.165) is 29.9 Å². The molecule has 6 heteroatoms. The molecule has 0 spiro atoms. The fourth-order valence-electron chi connectivity index (χ4n) is 2.06. The highest BCUT2D eigenvalue weighted by Crippen LogP contribution is 2.20. The van der Waals surface area contributed by atoms with Crippen molar-refractivity contribution in [2.75, 3.05) is 13.6 Å². The number of fused-ring (bicyclic) bond motifs is 1. The first-order valence-corrected chi connectivity index (χ1v) is 7.24. The van der Waals surface area contributed by atoms with Gasteiger partial charge in [0.05, 0.1) is 0 Å². The Kier molecular flexibility index (Phi) is 6.02. The van der Waals surface area contributed by atoms with E-state index in [4.69, 9.17) is 0 Å². The average Bonchev–Trinajstić information content (AvgIpc) is 2.89. The molecule has 3 nitrogen and oxygen atoms in total. The molecular formula is C16H23F3N2O. The number of aryl methyl sites for hydroxylation is 1. The van der Waals surface area contributed by atoms with E-state index in [2.05, 4.69) is 4.98 Å². The second kappa shape index (κ2) is 7.33. The third-order valence-corrected chi connectivity index (χ3v) is 3.09. The molecule has 0 unspecified atom stereocenters. The van der Waals surface area contributed by atoms with Gasteiger partial charge in [0.1, 0.15) is 12.2 Å². The minimum absolute atomic E-state index is 0. The number of aromatic amines is 1. The highest BCUT2D eigenvalue weighted by molar-refractivity contribution is 5.98.